The van der Waals surface area contributed by atoms with E-state index in [1.807, 2.05) is 13.8 Å². The molecule has 0 radical (unpaired) electrons. The fourth-order valence-corrected chi connectivity index (χ4v) is 3.06. The van der Waals surface area contributed by atoms with Crippen LogP contribution in [0.2, 0.25) is 0 Å². The van der Waals surface area contributed by atoms with Crippen LogP contribution < -0.4 is 5.56 Å². The molecule has 0 aliphatic heterocycles. The van der Waals surface area contributed by atoms with Crippen molar-refractivity contribution >= 4 is 43.2 Å². The third-order valence-electron chi connectivity index (χ3n) is 2.33. The largest absolute Gasteiger partial charge is 0.491 e. The summed E-state index contributed by atoms with van der Waals surface area (Å²) in [5.74, 6) is 0.770. The molecule has 0 aliphatic carbocycles. The van der Waals surface area contributed by atoms with Crippen LogP contribution in [0.4, 0.5) is 0 Å². The van der Waals surface area contributed by atoms with Crippen LogP contribution in [0.1, 0.15) is 18.3 Å². The van der Waals surface area contributed by atoms with Gasteiger partial charge in [0, 0.05) is 0 Å². The Labute approximate surface area is 110 Å². The number of halogens is 1. The highest BCUT2D eigenvalue weighted by atomic mass is 79.9. The molecule has 0 saturated carbocycles. The van der Waals surface area contributed by atoms with Crippen molar-refractivity contribution in [1.29, 1.82) is 0 Å². The summed E-state index contributed by atoms with van der Waals surface area (Å²) in [6.07, 6.45) is 0. The minimum absolute atomic E-state index is 0.162. The number of aryl methyl sites for hydroxylation is 1. The van der Waals surface area contributed by atoms with Gasteiger partial charge >= 0.3 is 0 Å². The van der Waals surface area contributed by atoms with Gasteiger partial charge in [0.25, 0.3) is 5.56 Å². The van der Waals surface area contributed by atoms with Crippen molar-refractivity contribution < 1.29 is 4.74 Å². The number of hydrogen-bond acceptors (Lipinski definition) is 4. The topological polar surface area (TPSA) is 55.0 Å². The molecule has 0 saturated heterocycles. The van der Waals surface area contributed by atoms with Gasteiger partial charge < -0.3 is 9.72 Å². The fourth-order valence-electron chi connectivity index (χ4n) is 1.49. The quantitative estimate of drug-likeness (QED) is 0.886. The maximum atomic E-state index is 11.9. The zero-order valence-electron chi connectivity index (χ0n) is 9.46. The Morgan fingerprint density at radius 2 is 2.35 bits per heavy atom. The minimum atomic E-state index is -0.162. The van der Waals surface area contributed by atoms with E-state index in [4.69, 9.17) is 4.74 Å². The number of H-pyrrole nitrogens is 1. The highest BCUT2D eigenvalue weighted by Gasteiger charge is 2.13. The first-order chi connectivity index (χ1) is 8.04. The van der Waals surface area contributed by atoms with E-state index < -0.39 is 0 Å². The molecule has 0 unspecified atom stereocenters. The number of aromatic nitrogens is 2. The zero-order chi connectivity index (χ0) is 12.6. The second-order valence-corrected chi connectivity index (χ2v) is 5.77. The first-order valence-corrected chi connectivity index (χ1v) is 6.66. The summed E-state index contributed by atoms with van der Waals surface area (Å²) in [5.41, 5.74) is 0.748. The first kappa shape index (κ1) is 12.3. The molecular formula is C11H11BrN2O2S. The second-order valence-electron chi connectivity index (χ2n) is 3.45. The molecule has 2 aromatic rings. The normalized spacial score (nSPS) is 10.8. The standard InChI is InChI=1S/C11H11BrN2O2S/c1-4-16-6(3)9-13-10(15)7-5(2)8(12)17-11(7)14-9/h3-4H2,1-2H3,(H,13,14,15). The third kappa shape index (κ3) is 2.14. The summed E-state index contributed by atoms with van der Waals surface area (Å²) in [7, 11) is 0. The summed E-state index contributed by atoms with van der Waals surface area (Å²) in [5, 5.41) is 0.620. The van der Waals surface area contributed by atoms with Gasteiger partial charge in [-0.1, -0.05) is 6.58 Å². The van der Waals surface area contributed by atoms with Gasteiger partial charge in [-0.25, -0.2) is 4.98 Å². The number of nitrogens with one attached hydrogen (secondary N) is 1. The minimum Gasteiger partial charge on any atom is -0.491 e. The van der Waals surface area contributed by atoms with Gasteiger partial charge in [0.2, 0.25) is 0 Å². The van der Waals surface area contributed by atoms with Crippen molar-refractivity contribution in [3.63, 3.8) is 0 Å². The summed E-state index contributed by atoms with van der Waals surface area (Å²) in [4.78, 5) is 19.7. The molecule has 1 N–H and O–H groups in total. The predicted octanol–water partition coefficient (Wildman–Crippen LogP) is 3.06. The highest BCUT2D eigenvalue weighted by molar-refractivity contribution is 9.11. The van der Waals surface area contributed by atoms with Gasteiger partial charge in [-0.05, 0) is 35.3 Å². The Balaban J connectivity index is 2.64. The number of thiophene rings is 1. The Morgan fingerprint density at radius 3 is 3.00 bits per heavy atom. The monoisotopic (exact) mass is 314 g/mol. The van der Waals surface area contributed by atoms with Crippen LogP contribution in [-0.2, 0) is 4.74 Å². The Bertz CT molecular complexity index is 645. The van der Waals surface area contributed by atoms with Crippen LogP contribution in [0, 0.1) is 6.92 Å². The molecule has 0 fully saturated rings. The number of ether oxygens (including phenoxy) is 1. The summed E-state index contributed by atoms with van der Waals surface area (Å²) < 4.78 is 6.16. The second kappa shape index (κ2) is 4.62. The molecule has 2 rings (SSSR count). The average Bonchev–Trinajstić information content (AvgIpc) is 2.55. The molecule has 0 aliphatic rings. The van der Waals surface area contributed by atoms with Crippen molar-refractivity contribution in [3.05, 3.63) is 32.1 Å². The van der Waals surface area contributed by atoms with E-state index in [9.17, 15) is 4.79 Å². The van der Waals surface area contributed by atoms with E-state index in [0.29, 0.717) is 28.4 Å². The number of nitrogens with zero attached hydrogens (tertiary/aromatic N) is 1. The lowest BCUT2D eigenvalue weighted by molar-refractivity contribution is 0.296. The molecule has 90 valence electrons. The van der Waals surface area contributed by atoms with E-state index in [1.54, 1.807) is 0 Å². The molecule has 0 atom stereocenters. The number of aromatic amines is 1. The molecule has 2 aromatic heterocycles. The van der Waals surface area contributed by atoms with Gasteiger partial charge in [-0.3, -0.25) is 4.79 Å². The Morgan fingerprint density at radius 1 is 1.65 bits per heavy atom. The number of fused-ring (bicyclic) bond motifs is 1. The highest BCUT2D eigenvalue weighted by Crippen LogP contribution is 2.31. The predicted molar refractivity (Wildman–Crippen MR) is 73.3 cm³/mol. The number of hydrogen-bond donors (Lipinski definition) is 1. The molecule has 0 bridgehead atoms. The third-order valence-corrected chi connectivity index (χ3v) is 4.38. The lowest BCUT2D eigenvalue weighted by Gasteiger charge is -2.05. The van der Waals surface area contributed by atoms with Gasteiger partial charge in [-0.2, -0.15) is 0 Å². The van der Waals surface area contributed by atoms with Gasteiger partial charge in [-0.15, -0.1) is 11.3 Å². The van der Waals surface area contributed by atoms with E-state index in [0.717, 1.165) is 9.35 Å². The molecule has 4 nitrogen and oxygen atoms in total. The summed E-state index contributed by atoms with van der Waals surface area (Å²) >= 11 is 4.84. The number of rotatable bonds is 3. The van der Waals surface area contributed by atoms with Crippen LogP contribution in [0.5, 0.6) is 0 Å². The van der Waals surface area contributed by atoms with E-state index in [2.05, 4.69) is 32.5 Å². The molecule has 17 heavy (non-hydrogen) atoms. The fraction of sp³-hybridized carbons (Fsp3) is 0.273. The van der Waals surface area contributed by atoms with E-state index in [-0.39, 0.29) is 5.56 Å². The van der Waals surface area contributed by atoms with Crippen LogP contribution in [-0.4, -0.2) is 16.6 Å². The smallest absolute Gasteiger partial charge is 0.260 e. The van der Waals surface area contributed by atoms with Crippen molar-refractivity contribution in [1.82, 2.24) is 9.97 Å². The molecule has 0 amide bonds. The van der Waals surface area contributed by atoms with Crippen molar-refractivity contribution in [2.75, 3.05) is 6.61 Å². The average molecular weight is 315 g/mol. The Hall–Kier alpha value is -1.14. The van der Waals surface area contributed by atoms with E-state index >= 15 is 0 Å². The van der Waals surface area contributed by atoms with Crippen molar-refractivity contribution in [3.8, 4) is 0 Å². The Kier molecular flexibility index (Phi) is 3.35. The van der Waals surface area contributed by atoms with Crippen LogP contribution in [0.25, 0.3) is 16.0 Å². The van der Waals surface area contributed by atoms with Crippen LogP contribution in [0.3, 0.4) is 0 Å². The lowest BCUT2D eigenvalue weighted by atomic mass is 10.3. The van der Waals surface area contributed by atoms with Crippen molar-refractivity contribution in [2.45, 2.75) is 13.8 Å². The van der Waals surface area contributed by atoms with Gasteiger partial charge in [0.15, 0.2) is 11.6 Å². The lowest BCUT2D eigenvalue weighted by Crippen LogP contribution is -2.11. The first-order valence-electron chi connectivity index (χ1n) is 5.05. The molecule has 0 aromatic carbocycles. The van der Waals surface area contributed by atoms with Crippen LogP contribution >= 0.6 is 27.3 Å². The maximum absolute atomic E-state index is 11.9. The molecule has 0 spiro atoms. The van der Waals surface area contributed by atoms with Crippen LogP contribution in [0.15, 0.2) is 15.2 Å². The molecular weight excluding hydrogens is 304 g/mol. The van der Waals surface area contributed by atoms with Gasteiger partial charge in [0.05, 0.1) is 15.8 Å². The summed E-state index contributed by atoms with van der Waals surface area (Å²) in [6, 6.07) is 0. The van der Waals surface area contributed by atoms with E-state index in [1.165, 1.54) is 11.3 Å². The zero-order valence-corrected chi connectivity index (χ0v) is 11.9. The van der Waals surface area contributed by atoms with Gasteiger partial charge in [0.1, 0.15) is 4.83 Å². The maximum Gasteiger partial charge on any atom is 0.260 e. The summed E-state index contributed by atoms with van der Waals surface area (Å²) in [6.45, 7) is 7.96. The molecule has 6 heteroatoms. The SMILES string of the molecule is C=C(OCC)c1nc2sc(Br)c(C)c2c(=O)[nH]1. The molecule has 2 heterocycles. The van der Waals surface area contributed by atoms with Crippen molar-refractivity contribution in [2.24, 2.45) is 0 Å².